The monoisotopic (exact) mass is 604 g/mol. The number of ether oxygens (including phenoxy) is 4. The first kappa shape index (κ1) is 34.5. The van der Waals surface area contributed by atoms with Gasteiger partial charge in [0.15, 0.2) is 0 Å². The Morgan fingerprint density at radius 3 is 1.37 bits per heavy atom. The van der Waals surface area contributed by atoms with Crippen LogP contribution in [0.15, 0.2) is 48.6 Å². The number of carbonyl (C=O) groups is 2. The molecule has 41 heavy (non-hydrogen) atoms. The summed E-state index contributed by atoms with van der Waals surface area (Å²) in [6, 6.07) is 11.1. The Kier molecular flexibility index (Phi) is 14.0. The maximum atomic E-state index is 12.4. The zero-order valence-electron chi connectivity index (χ0n) is 26.2. The second kappa shape index (κ2) is 16.7. The van der Waals surface area contributed by atoms with Crippen LogP contribution in [0.3, 0.4) is 0 Å². The van der Waals surface area contributed by atoms with Crippen molar-refractivity contribution in [3.05, 3.63) is 59.7 Å². The molecule has 0 aromatic heterocycles. The third kappa shape index (κ3) is 14.2. The molecule has 6 nitrogen and oxygen atoms in total. The summed E-state index contributed by atoms with van der Waals surface area (Å²) in [5.74, 6) is 2.06. The van der Waals surface area contributed by atoms with Crippen LogP contribution in [0.2, 0.25) is 0 Å². The van der Waals surface area contributed by atoms with E-state index in [2.05, 4.69) is 40.0 Å². The Morgan fingerprint density at radius 2 is 1.02 bits per heavy atom. The van der Waals surface area contributed by atoms with Crippen molar-refractivity contribution in [2.45, 2.75) is 19.3 Å². The molecule has 0 fully saturated rings. The Balaban J connectivity index is 1.89. The molecule has 0 N–H and O–H groups in total. The van der Waals surface area contributed by atoms with E-state index in [0.717, 1.165) is 24.0 Å². The summed E-state index contributed by atoms with van der Waals surface area (Å²) in [6.07, 6.45) is 10.5. The van der Waals surface area contributed by atoms with E-state index in [0.29, 0.717) is 36.2 Å². The molecule has 228 valence electrons. The van der Waals surface area contributed by atoms with Crippen molar-refractivity contribution in [2.24, 2.45) is 0 Å². The molecule has 8 heteroatoms. The fourth-order valence-electron chi connectivity index (χ4n) is 4.05. The third-order valence-corrected chi connectivity index (χ3v) is 10.0. The number of ketones is 2. The first-order valence-electron chi connectivity index (χ1n) is 14.3. The van der Waals surface area contributed by atoms with Gasteiger partial charge in [-0.15, -0.1) is 0 Å². The molecule has 0 aliphatic carbocycles. The van der Waals surface area contributed by atoms with E-state index in [-0.39, 0.29) is 18.0 Å². The van der Waals surface area contributed by atoms with Gasteiger partial charge < -0.3 is 0 Å². The zero-order chi connectivity index (χ0) is 30.5. The van der Waals surface area contributed by atoms with Gasteiger partial charge in [-0.25, -0.2) is 0 Å². The minimum atomic E-state index is -1.09. The number of hydrogen-bond acceptors (Lipinski definition) is 6. The van der Waals surface area contributed by atoms with Crippen LogP contribution in [0.5, 0.6) is 23.0 Å². The van der Waals surface area contributed by atoms with Crippen LogP contribution in [0.1, 0.15) is 30.4 Å². The number of benzene rings is 2. The van der Waals surface area contributed by atoms with Crippen LogP contribution in [0.4, 0.5) is 0 Å². The Morgan fingerprint density at radius 1 is 0.634 bits per heavy atom. The summed E-state index contributed by atoms with van der Waals surface area (Å²) >= 11 is 0. The molecule has 2 aromatic rings. The minimum absolute atomic E-state index is 0.210. The molecule has 2 aromatic carbocycles. The first-order valence-corrected chi connectivity index (χ1v) is 21.7. The van der Waals surface area contributed by atoms with Gasteiger partial charge >= 0.3 is 248 Å². The van der Waals surface area contributed by atoms with Gasteiger partial charge in [0.2, 0.25) is 0 Å². The van der Waals surface area contributed by atoms with Crippen LogP contribution >= 0.6 is 14.5 Å². The van der Waals surface area contributed by atoms with Gasteiger partial charge in [0.1, 0.15) is 0 Å². The fourth-order valence-corrected chi connectivity index (χ4v) is 6.46. The van der Waals surface area contributed by atoms with Crippen molar-refractivity contribution < 1.29 is 28.5 Å². The van der Waals surface area contributed by atoms with Gasteiger partial charge in [-0.2, -0.15) is 0 Å². The van der Waals surface area contributed by atoms with Crippen molar-refractivity contribution in [2.75, 3.05) is 79.7 Å². The molecular weight excluding hydrogens is 554 g/mol. The van der Waals surface area contributed by atoms with Crippen LogP contribution < -0.4 is 18.9 Å². The molecule has 0 bridgehead atoms. The molecule has 0 atom stereocenters. The molecule has 0 saturated carbocycles. The molecule has 0 aliphatic heterocycles. The number of methoxy groups -OCH3 is 2. The Bertz CT molecular complexity index is 1110. The Hall–Kier alpha value is -2.68. The van der Waals surface area contributed by atoms with E-state index < -0.39 is 14.5 Å². The second-order valence-corrected chi connectivity index (χ2v) is 23.9. The Labute approximate surface area is 248 Å². The molecule has 0 spiro atoms. The van der Waals surface area contributed by atoms with Gasteiger partial charge in [-0.1, -0.05) is 0 Å². The maximum absolute atomic E-state index is 12.4. The summed E-state index contributed by atoms with van der Waals surface area (Å²) in [4.78, 5) is 24.8. The van der Waals surface area contributed by atoms with Crippen LogP contribution in [0.25, 0.3) is 12.2 Å². The van der Waals surface area contributed by atoms with Gasteiger partial charge in [-0.3, -0.25) is 0 Å². The van der Waals surface area contributed by atoms with Crippen molar-refractivity contribution in [1.82, 2.24) is 0 Å². The van der Waals surface area contributed by atoms with Crippen LogP contribution in [0, 0.1) is 0 Å². The van der Waals surface area contributed by atoms with E-state index in [1.54, 1.807) is 26.4 Å². The predicted molar refractivity (Wildman–Crippen MR) is 181 cm³/mol. The van der Waals surface area contributed by atoms with Gasteiger partial charge in [0.25, 0.3) is 0 Å². The van der Waals surface area contributed by atoms with E-state index in [4.69, 9.17) is 18.9 Å². The number of carbonyl (C=O) groups excluding carboxylic acids is 2. The first-order chi connectivity index (χ1) is 19.3. The third-order valence-electron chi connectivity index (χ3n) is 6.30. The summed E-state index contributed by atoms with van der Waals surface area (Å²) in [5.41, 5.74) is 1.59. The molecule has 0 heterocycles. The summed E-state index contributed by atoms with van der Waals surface area (Å²) in [7, 11) is 1.02. The van der Waals surface area contributed by atoms with Crippen molar-refractivity contribution >= 4 is 38.2 Å². The van der Waals surface area contributed by atoms with E-state index in [1.807, 2.05) is 36.4 Å². The normalized spacial score (nSPS) is 12.9. The molecule has 0 aliphatic rings. The molecule has 0 radical (unpaired) electrons. The summed E-state index contributed by atoms with van der Waals surface area (Å²) < 4.78 is 22.8. The standard InChI is InChI=1S/C33H50O6P2/c1-36-32-23-26(13-17-30(32)38-19-9-21-40(3,4)5)11-15-28(34)25-29(35)16-12-27-14-18-31(33(24-27)37-2)39-20-10-22-41(6,7)8/h11-18,23-24,40-41H,9-10,19-22,25H2,1-8H3/b15-11+,16-12+. The van der Waals surface area contributed by atoms with Gasteiger partial charge in [-0.05, 0) is 0 Å². The summed E-state index contributed by atoms with van der Waals surface area (Å²) in [5, 5.41) is 0. The second-order valence-electron chi connectivity index (χ2n) is 12.6. The average Bonchev–Trinajstić information content (AvgIpc) is 2.90. The van der Waals surface area contributed by atoms with Crippen LogP contribution in [-0.2, 0) is 9.59 Å². The van der Waals surface area contributed by atoms with Crippen molar-refractivity contribution in [1.29, 1.82) is 0 Å². The molecule has 0 saturated heterocycles. The number of hydrogen-bond donors (Lipinski definition) is 0. The quantitative estimate of drug-likeness (QED) is 0.0809. The van der Waals surface area contributed by atoms with Crippen LogP contribution in [-0.4, -0.2) is 91.3 Å². The van der Waals surface area contributed by atoms with E-state index >= 15 is 0 Å². The molecule has 0 unspecified atom stereocenters. The summed E-state index contributed by atoms with van der Waals surface area (Å²) in [6.45, 7) is 15.4. The van der Waals surface area contributed by atoms with E-state index in [9.17, 15) is 9.59 Å². The fraction of sp³-hybridized carbons (Fsp3) is 0.455. The molecule has 2 rings (SSSR count). The van der Waals surface area contributed by atoms with Gasteiger partial charge in [0.05, 0.1) is 0 Å². The SMILES string of the molecule is COc1cc(/C=C/C(=O)CC(=O)/C=C/c2ccc(OCCC[PH](C)(C)C)c(OC)c2)ccc1OCCC[PH](C)(C)C. The zero-order valence-corrected chi connectivity index (χ0v) is 28.2. The topological polar surface area (TPSA) is 71.1 Å². The molecular formula is C33H50O6P2. The molecule has 0 amide bonds. The predicted octanol–water partition coefficient (Wildman–Crippen LogP) is 6.78. The average molecular weight is 605 g/mol. The van der Waals surface area contributed by atoms with E-state index in [1.165, 1.54) is 24.5 Å². The number of rotatable bonds is 18. The van der Waals surface area contributed by atoms with Gasteiger partial charge in [0, 0.05) is 0 Å². The van der Waals surface area contributed by atoms with Crippen molar-refractivity contribution in [3.63, 3.8) is 0 Å². The van der Waals surface area contributed by atoms with Crippen molar-refractivity contribution in [3.8, 4) is 23.0 Å². The number of allylic oxidation sites excluding steroid dienone is 2.